The maximum atomic E-state index is 12.9. The van der Waals surface area contributed by atoms with Crippen LogP contribution in [-0.2, 0) is 0 Å². The Kier molecular flexibility index (Phi) is 3.30. The Morgan fingerprint density at radius 3 is 2.64 bits per heavy atom. The molecule has 1 rings (SSSR count). The maximum Gasteiger partial charge on any atom is 0.194 e. The van der Waals surface area contributed by atoms with Gasteiger partial charge in [0.1, 0.15) is 0 Å². The van der Waals surface area contributed by atoms with Gasteiger partial charge in [0.05, 0.1) is 7.11 Å². The van der Waals surface area contributed by atoms with Crippen molar-refractivity contribution in [3.63, 3.8) is 0 Å². The van der Waals surface area contributed by atoms with Crippen molar-refractivity contribution in [1.29, 1.82) is 0 Å². The van der Waals surface area contributed by atoms with E-state index in [9.17, 15) is 9.50 Å². The summed E-state index contributed by atoms with van der Waals surface area (Å²) in [6, 6.07) is 2.65. The van der Waals surface area contributed by atoms with E-state index >= 15 is 0 Å². The van der Waals surface area contributed by atoms with Crippen LogP contribution in [0.1, 0.15) is 18.4 Å². The average Bonchev–Trinajstić information content (AvgIpc) is 2.20. The van der Waals surface area contributed by atoms with Crippen LogP contribution in [0.5, 0.6) is 11.5 Å². The first-order valence-corrected chi connectivity index (χ1v) is 4.28. The highest BCUT2D eigenvalue weighted by Crippen LogP contribution is 2.36. The van der Waals surface area contributed by atoms with E-state index in [1.807, 2.05) is 0 Å². The number of aromatic hydroxyl groups is 1. The van der Waals surface area contributed by atoms with Gasteiger partial charge in [-0.3, -0.25) is 0 Å². The molecule has 0 aliphatic heterocycles. The van der Waals surface area contributed by atoms with Gasteiger partial charge in [-0.1, -0.05) is 13.0 Å². The van der Waals surface area contributed by atoms with Crippen molar-refractivity contribution in [3.05, 3.63) is 23.5 Å². The lowest BCUT2D eigenvalue weighted by molar-refractivity contribution is 0.268. The van der Waals surface area contributed by atoms with E-state index < -0.39 is 11.6 Å². The van der Waals surface area contributed by atoms with Crippen LogP contribution in [-0.4, -0.2) is 23.9 Å². The van der Waals surface area contributed by atoms with E-state index in [1.54, 1.807) is 6.92 Å². The van der Waals surface area contributed by atoms with E-state index in [0.29, 0.717) is 5.56 Å². The predicted molar refractivity (Wildman–Crippen MR) is 50.1 cm³/mol. The van der Waals surface area contributed by atoms with Crippen LogP contribution in [0, 0.1) is 5.82 Å². The molecule has 1 aromatic rings. The Morgan fingerprint density at radius 2 is 2.14 bits per heavy atom. The number of hydrogen-bond acceptors (Lipinski definition) is 3. The van der Waals surface area contributed by atoms with Gasteiger partial charge in [-0.05, 0) is 6.07 Å². The first-order chi connectivity index (χ1) is 6.61. The molecule has 0 aromatic heterocycles. The van der Waals surface area contributed by atoms with Crippen LogP contribution in [0.4, 0.5) is 4.39 Å². The van der Waals surface area contributed by atoms with Crippen molar-refractivity contribution < 1.29 is 19.3 Å². The molecule has 1 atom stereocenters. The molecule has 0 saturated carbocycles. The fraction of sp³-hybridized carbons (Fsp3) is 0.400. The van der Waals surface area contributed by atoms with Crippen LogP contribution in [0.15, 0.2) is 12.1 Å². The lowest BCUT2D eigenvalue weighted by Crippen LogP contribution is -2.02. The minimum atomic E-state index is -0.726. The SMILES string of the molecule is COc1c(C(C)CO)ccc(F)c1O. The zero-order chi connectivity index (χ0) is 10.7. The van der Waals surface area contributed by atoms with E-state index in [0.717, 1.165) is 6.07 Å². The molecule has 3 nitrogen and oxygen atoms in total. The molecule has 0 aliphatic carbocycles. The first-order valence-electron chi connectivity index (χ1n) is 4.28. The molecule has 0 saturated heterocycles. The lowest BCUT2D eigenvalue weighted by atomic mass is 10.0. The minimum absolute atomic E-state index is 0.0819. The molecule has 4 heteroatoms. The second-order valence-electron chi connectivity index (χ2n) is 3.10. The molecular weight excluding hydrogens is 187 g/mol. The van der Waals surface area contributed by atoms with Crippen LogP contribution >= 0.6 is 0 Å². The van der Waals surface area contributed by atoms with Crippen molar-refractivity contribution in [2.45, 2.75) is 12.8 Å². The number of ether oxygens (including phenoxy) is 1. The smallest absolute Gasteiger partial charge is 0.194 e. The van der Waals surface area contributed by atoms with Crippen LogP contribution in [0.3, 0.4) is 0 Å². The van der Waals surface area contributed by atoms with Gasteiger partial charge in [0, 0.05) is 18.1 Å². The topological polar surface area (TPSA) is 49.7 Å². The van der Waals surface area contributed by atoms with Gasteiger partial charge in [-0.25, -0.2) is 4.39 Å². The summed E-state index contributed by atoms with van der Waals surface area (Å²) in [5.41, 5.74) is 0.592. The van der Waals surface area contributed by atoms with Crippen molar-refractivity contribution in [2.24, 2.45) is 0 Å². The summed E-state index contributed by atoms with van der Waals surface area (Å²) in [6.07, 6.45) is 0. The zero-order valence-electron chi connectivity index (χ0n) is 8.12. The van der Waals surface area contributed by atoms with Crippen molar-refractivity contribution in [1.82, 2.24) is 0 Å². The standard InChI is InChI=1S/C10H13FO3/c1-6(5-12)7-3-4-8(11)9(13)10(7)14-2/h3-4,6,12-13H,5H2,1-2H3. The van der Waals surface area contributed by atoms with Gasteiger partial charge in [-0.15, -0.1) is 0 Å². The van der Waals surface area contributed by atoms with Gasteiger partial charge in [-0.2, -0.15) is 0 Å². The summed E-state index contributed by atoms with van der Waals surface area (Å²) >= 11 is 0. The Bertz CT molecular complexity index is 325. The molecule has 0 amide bonds. The number of aliphatic hydroxyl groups excluding tert-OH is 1. The van der Waals surface area contributed by atoms with Crippen molar-refractivity contribution >= 4 is 0 Å². The monoisotopic (exact) mass is 200 g/mol. The summed E-state index contributed by atoms with van der Waals surface area (Å²) in [5.74, 6) is -1.34. The molecule has 78 valence electrons. The summed E-state index contributed by atoms with van der Waals surface area (Å²) in [5, 5.41) is 18.3. The van der Waals surface area contributed by atoms with E-state index in [4.69, 9.17) is 9.84 Å². The second-order valence-corrected chi connectivity index (χ2v) is 3.10. The molecule has 1 unspecified atom stereocenters. The fourth-order valence-corrected chi connectivity index (χ4v) is 1.26. The number of rotatable bonds is 3. The fourth-order valence-electron chi connectivity index (χ4n) is 1.26. The molecule has 0 radical (unpaired) electrons. The van der Waals surface area contributed by atoms with E-state index in [1.165, 1.54) is 13.2 Å². The maximum absolute atomic E-state index is 12.9. The van der Waals surface area contributed by atoms with Crippen molar-refractivity contribution in [3.8, 4) is 11.5 Å². The summed E-state index contributed by atoms with van der Waals surface area (Å²) < 4.78 is 17.8. The average molecular weight is 200 g/mol. The quantitative estimate of drug-likeness (QED) is 0.779. The molecule has 0 aliphatic rings. The van der Waals surface area contributed by atoms with Gasteiger partial charge < -0.3 is 14.9 Å². The third kappa shape index (κ3) is 1.80. The Balaban J connectivity index is 3.23. The summed E-state index contributed by atoms with van der Waals surface area (Å²) in [4.78, 5) is 0. The first kappa shape index (κ1) is 10.8. The Labute approximate surface area is 81.8 Å². The van der Waals surface area contributed by atoms with Gasteiger partial charge in [0.25, 0.3) is 0 Å². The lowest BCUT2D eigenvalue weighted by Gasteiger charge is -2.14. The number of benzene rings is 1. The molecule has 0 heterocycles. The number of hydrogen-bond donors (Lipinski definition) is 2. The highest BCUT2D eigenvalue weighted by Gasteiger charge is 2.17. The molecule has 1 aromatic carbocycles. The second kappa shape index (κ2) is 4.28. The predicted octanol–water partition coefficient (Wildman–Crippen LogP) is 1.64. The largest absolute Gasteiger partial charge is 0.502 e. The molecule has 14 heavy (non-hydrogen) atoms. The molecule has 0 spiro atoms. The van der Waals surface area contributed by atoms with Crippen LogP contribution < -0.4 is 4.74 Å². The minimum Gasteiger partial charge on any atom is -0.502 e. The highest BCUT2D eigenvalue weighted by atomic mass is 19.1. The third-order valence-corrected chi connectivity index (χ3v) is 2.12. The van der Waals surface area contributed by atoms with E-state index in [-0.39, 0.29) is 18.3 Å². The molecule has 0 bridgehead atoms. The van der Waals surface area contributed by atoms with E-state index in [2.05, 4.69) is 0 Å². The number of phenols is 1. The summed E-state index contributed by atoms with van der Waals surface area (Å²) in [6.45, 7) is 1.68. The van der Waals surface area contributed by atoms with Gasteiger partial charge in [0.15, 0.2) is 17.3 Å². The Morgan fingerprint density at radius 1 is 1.50 bits per heavy atom. The van der Waals surface area contributed by atoms with Gasteiger partial charge in [0.2, 0.25) is 0 Å². The molecule has 0 fully saturated rings. The number of aliphatic hydroxyl groups is 1. The molecular formula is C10H13FO3. The number of halogens is 1. The number of phenolic OH excluding ortho intramolecular Hbond substituents is 1. The molecule has 2 N–H and O–H groups in total. The third-order valence-electron chi connectivity index (χ3n) is 2.12. The normalized spacial score (nSPS) is 12.6. The zero-order valence-corrected chi connectivity index (χ0v) is 8.12. The highest BCUT2D eigenvalue weighted by molar-refractivity contribution is 5.48. The van der Waals surface area contributed by atoms with Crippen molar-refractivity contribution in [2.75, 3.05) is 13.7 Å². The van der Waals surface area contributed by atoms with Crippen LogP contribution in [0.25, 0.3) is 0 Å². The van der Waals surface area contributed by atoms with Gasteiger partial charge >= 0.3 is 0 Å². The Hall–Kier alpha value is -1.29. The number of methoxy groups -OCH3 is 1. The van der Waals surface area contributed by atoms with Crippen LogP contribution in [0.2, 0.25) is 0 Å². The summed E-state index contributed by atoms with van der Waals surface area (Å²) in [7, 11) is 1.35.